The van der Waals surface area contributed by atoms with Crippen LogP contribution in [0, 0.1) is 0 Å². The molecule has 2 aromatic carbocycles. The largest absolute Gasteiger partial charge is 0.346 e. The monoisotopic (exact) mass is 328 g/mol. The van der Waals surface area contributed by atoms with E-state index in [1.165, 1.54) is 0 Å². The smallest absolute Gasteiger partial charge is 0.251 e. The molecule has 0 aliphatic rings. The predicted molar refractivity (Wildman–Crippen MR) is 90.5 cm³/mol. The van der Waals surface area contributed by atoms with Crippen molar-refractivity contribution in [1.82, 2.24) is 20.3 Å². The van der Waals surface area contributed by atoms with Gasteiger partial charge in [-0.25, -0.2) is 4.68 Å². The summed E-state index contributed by atoms with van der Waals surface area (Å²) < 4.78 is 1.80. The van der Waals surface area contributed by atoms with Gasteiger partial charge in [-0.2, -0.15) is 0 Å². The second kappa shape index (κ2) is 6.38. The maximum Gasteiger partial charge on any atom is 0.251 e. The molecule has 0 fully saturated rings. The number of rotatable bonds is 4. The summed E-state index contributed by atoms with van der Waals surface area (Å²) in [7, 11) is 0. The van der Waals surface area contributed by atoms with Crippen LogP contribution in [0.4, 0.5) is 0 Å². The molecule has 1 amide bonds. The van der Waals surface area contributed by atoms with Crippen LogP contribution in [0.1, 0.15) is 35.8 Å². The van der Waals surface area contributed by atoms with E-state index in [1.54, 1.807) is 16.8 Å². The van der Waals surface area contributed by atoms with Crippen molar-refractivity contribution in [2.75, 3.05) is 0 Å². The molecule has 23 heavy (non-hydrogen) atoms. The lowest BCUT2D eigenvalue weighted by atomic mass is 10.1. The Balaban J connectivity index is 1.80. The topological polar surface area (TPSA) is 59.8 Å². The van der Waals surface area contributed by atoms with Crippen molar-refractivity contribution in [2.24, 2.45) is 0 Å². The first kappa shape index (κ1) is 15.5. The van der Waals surface area contributed by atoms with Crippen LogP contribution in [0.5, 0.6) is 0 Å². The minimum Gasteiger partial charge on any atom is -0.346 e. The van der Waals surface area contributed by atoms with E-state index in [2.05, 4.69) is 15.6 Å². The van der Waals surface area contributed by atoms with Gasteiger partial charge < -0.3 is 5.32 Å². The Hall–Kier alpha value is -2.40. The summed E-state index contributed by atoms with van der Waals surface area (Å²) in [6.45, 7) is 4.67. The number of amides is 1. The molecule has 0 spiro atoms. The molecule has 3 rings (SSSR count). The van der Waals surface area contributed by atoms with Crippen molar-refractivity contribution in [3.63, 3.8) is 0 Å². The molecule has 1 atom stereocenters. The standard InChI is InChI=1S/C17H17ClN4O/c1-3-22-16-8-7-13(10-15(16)20-21-22)17(23)19-11(2)12-5-4-6-14(18)9-12/h4-11H,3H2,1-2H3,(H,19,23). The van der Waals surface area contributed by atoms with Gasteiger partial charge >= 0.3 is 0 Å². The number of benzene rings is 2. The highest BCUT2D eigenvalue weighted by Crippen LogP contribution is 2.19. The van der Waals surface area contributed by atoms with Crippen LogP contribution in [-0.4, -0.2) is 20.9 Å². The van der Waals surface area contributed by atoms with Crippen LogP contribution in [0.2, 0.25) is 5.02 Å². The van der Waals surface area contributed by atoms with E-state index in [0.29, 0.717) is 10.6 Å². The number of carbonyl (C=O) groups is 1. The number of halogens is 1. The second-order valence-corrected chi connectivity index (χ2v) is 5.80. The summed E-state index contributed by atoms with van der Waals surface area (Å²) in [6, 6.07) is 12.8. The number of aryl methyl sites for hydroxylation is 1. The lowest BCUT2D eigenvalue weighted by Crippen LogP contribution is -2.26. The molecule has 1 unspecified atom stereocenters. The van der Waals surface area contributed by atoms with Gasteiger partial charge in [-0.3, -0.25) is 4.79 Å². The number of fused-ring (bicyclic) bond motifs is 1. The Morgan fingerprint density at radius 3 is 2.87 bits per heavy atom. The van der Waals surface area contributed by atoms with E-state index in [1.807, 2.05) is 44.2 Å². The molecule has 0 radical (unpaired) electrons. The molecule has 0 saturated heterocycles. The van der Waals surface area contributed by atoms with Gasteiger partial charge in [0.15, 0.2) is 0 Å². The third kappa shape index (κ3) is 3.19. The molecule has 3 aromatic rings. The zero-order valence-corrected chi connectivity index (χ0v) is 13.7. The number of carbonyl (C=O) groups excluding carboxylic acids is 1. The number of nitrogens with one attached hydrogen (secondary N) is 1. The van der Waals surface area contributed by atoms with Crippen molar-refractivity contribution in [1.29, 1.82) is 0 Å². The molecule has 5 nitrogen and oxygen atoms in total. The summed E-state index contributed by atoms with van der Waals surface area (Å²) in [5, 5.41) is 11.8. The first-order valence-electron chi connectivity index (χ1n) is 7.48. The Labute approximate surface area is 139 Å². The molecular formula is C17H17ClN4O. The second-order valence-electron chi connectivity index (χ2n) is 5.36. The van der Waals surface area contributed by atoms with Gasteiger partial charge in [0.05, 0.1) is 11.6 Å². The lowest BCUT2D eigenvalue weighted by molar-refractivity contribution is 0.0940. The van der Waals surface area contributed by atoms with Crippen molar-refractivity contribution in [3.8, 4) is 0 Å². The van der Waals surface area contributed by atoms with Gasteiger partial charge in [0.25, 0.3) is 5.91 Å². The third-order valence-corrected chi connectivity index (χ3v) is 4.01. The van der Waals surface area contributed by atoms with E-state index < -0.39 is 0 Å². The fourth-order valence-electron chi connectivity index (χ4n) is 2.49. The number of nitrogens with zero attached hydrogens (tertiary/aromatic N) is 3. The van der Waals surface area contributed by atoms with Crippen molar-refractivity contribution in [3.05, 3.63) is 58.6 Å². The first-order chi connectivity index (χ1) is 11.1. The van der Waals surface area contributed by atoms with E-state index in [0.717, 1.165) is 23.1 Å². The van der Waals surface area contributed by atoms with E-state index in [4.69, 9.17) is 11.6 Å². The molecule has 1 N–H and O–H groups in total. The minimum atomic E-state index is -0.148. The molecular weight excluding hydrogens is 312 g/mol. The van der Waals surface area contributed by atoms with E-state index >= 15 is 0 Å². The first-order valence-corrected chi connectivity index (χ1v) is 7.86. The quantitative estimate of drug-likeness (QED) is 0.796. The normalized spacial score (nSPS) is 12.3. The van der Waals surface area contributed by atoms with Crippen LogP contribution < -0.4 is 5.32 Å². The Kier molecular flexibility index (Phi) is 4.30. The fraction of sp³-hybridized carbons (Fsp3) is 0.235. The Bertz CT molecular complexity index is 859. The highest BCUT2D eigenvalue weighted by molar-refractivity contribution is 6.30. The summed E-state index contributed by atoms with van der Waals surface area (Å²) in [4.78, 5) is 12.4. The van der Waals surface area contributed by atoms with Gasteiger partial charge in [-0.05, 0) is 49.7 Å². The van der Waals surface area contributed by atoms with Crippen molar-refractivity contribution < 1.29 is 4.79 Å². The van der Waals surface area contributed by atoms with Gasteiger partial charge in [0.2, 0.25) is 0 Å². The zero-order valence-electron chi connectivity index (χ0n) is 13.0. The van der Waals surface area contributed by atoms with Crippen LogP contribution >= 0.6 is 11.6 Å². The third-order valence-electron chi connectivity index (χ3n) is 3.77. The van der Waals surface area contributed by atoms with Gasteiger partial charge in [0.1, 0.15) is 5.52 Å². The maximum absolute atomic E-state index is 12.4. The summed E-state index contributed by atoms with van der Waals surface area (Å²) in [5.41, 5.74) is 3.17. The highest BCUT2D eigenvalue weighted by atomic mass is 35.5. The number of hydrogen-bond acceptors (Lipinski definition) is 3. The maximum atomic E-state index is 12.4. The molecule has 0 aliphatic carbocycles. The Morgan fingerprint density at radius 1 is 1.30 bits per heavy atom. The van der Waals surface area contributed by atoms with Crippen LogP contribution in [-0.2, 0) is 6.54 Å². The lowest BCUT2D eigenvalue weighted by Gasteiger charge is -2.14. The van der Waals surface area contributed by atoms with Crippen LogP contribution in [0.3, 0.4) is 0 Å². The van der Waals surface area contributed by atoms with Crippen LogP contribution in [0.25, 0.3) is 11.0 Å². The summed E-state index contributed by atoms with van der Waals surface area (Å²) in [6.07, 6.45) is 0. The average Bonchev–Trinajstić information content (AvgIpc) is 2.97. The van der Waals surface area contributed by atoms with Gasteiger partial charge in [0, 0.05) is 17.1 Å². The molecule has 1 heterocycles. The SMILES string of the molecule is CCn1nnc2cc(C(=O)NC(C)c3cccc(Cl)c3)ccc21. The van der Waals surface area contributed by atoms with E-state index in [-0.39, 0.29) is 11.9 Å². The zero-order chi connectivity index (χ0) is 16.4. The molecule has 118 valence electrons. The van der Waals surface area contributed by atoms with Crippen molar-refractivity contribution in [2.45, 2.75) is 26.4 Å². The minimum absolute atomic E-state index is 0.136. The molecule has 0 aliphatic heterocycles. The average molecular weight is 329 g/mol. The number of hydrogen-bond donors (Lipinski definition) is 1. The molecule has 0 saturated carbocycles. The molecule has 0 bridgehead atoms. The molecule has 1 aromatic heterocycles. The van der Waals surface area contributed by atoms with Crippen molar-refractivity contribution >= 4 is 28.5 Å². The van der Waals surface area contributed by atoms with Crippen LogP contribution in [0.15, 0.2) is 42.5 Å². The van der Waals surface area contributed by atoms with E-state index in [9.17, 15) is 4.79 Å². The highest BCUT2D eigenvalue weighted by Gasteiger charge is 2.13. The fourth-order valence-corrected chi connectivity index (χ4v) is 2.68. The predicted octanol–water partition coefficient (Wildman–Crippen LogP) is 3.60. The van der Waals surface area contributed by atoms with Gasteiger partial charge in [-0.15, -0.1) is 5.10 Å². The Morgan fingerprint density at radius 2 is 2.13 bits per heavy atom. The number of aromatic nitrogens is 3. The summed E-state index contributed by atoms with van der Waals surface area (Å²) >= 11 is 5.99. The summed E-state index contributed by atoms with van der Waals surface area (Å²) in [5.74, 6) is -0.148. The molecule has 6 heteroatoms. The van der Waals surface area contributed by atoms with Gasteiger partial charge in [-0.1, -0.05) is 28.9 Å².